The summed E-state index contributed by atoms with van der Waals surface area (Å²) in [6, 6.07) is 4.38. The summed E-state index contributed by atoms with van der Waals surface area (Å²) >= 11 is 0. The third kappa shape index (κ3) is 3.42. The SMILES string of the molecule is CCN(CC)C(=O)[C@@H]1CCCN1S(=O)(=O)c1cc(OC)ccc1C. The Morgan fingerprint density at radius 1 is 1.33 bits per heavy atom. The lowest BCUT2D eigenvalue weighted by Gasteiger charge is -2.28. The lowest BCUT2D eigenvalue weighted by molar-refractivity contribution is -0.134. The predicted octanol–water partition coefficient (Wildman–Crippen LogP) is 2.03. The molecule has 7 heteroatoms. The van der Waals surface area contributed by atoms with Gasteiger partial charge in [-0.25, -0.2) is 8.42 Å². The first-order valence-corrected chi connectivity index (χ1v) is 9.76. The molecule has 1 atom stereocenters. The highest BCUT2D eigenvalue weighted by Gasteiger charge is 2.41. The Bertz CT molecular complexity index is 699. The molecule has 0 N–H and O–H groups in total. The van der Waals surface area contributed by atoms with E-state index in [2.05, 4.69) is 0 Å². The van der Waals surface area contributed by atoms with Crippen molar-refractivity contribution in [3.63, 3.8) is 0 Å². The van der Waals surface area contributed by atoms with Gasteiger partial charge in [0.1, 0.15) is 11.8 Å². The highest BCUT2D eigenvalue weighted by Crippen LogP contribution is 2.30. The number of sulfonamides is 1. The Hall–Kier alpha value is -1.60. The molecule has 1 fully saturated rings. The van der Waals surface area contributed by atoms with E-state index in [-0.39, 0.29) is 10.8 Å². The molecular weight excluding hydrogens is 328 g/mol. The molecule has 134 valence electrons. The van der Waals surface area contributed by atoms with Crippen LogP contribution in [0, 0.1) is 6.92 Å². The normalized spacial score (nSPS) is 18.6. The molecule has 1 amide bonds. The summed E-state index contributed by atoms with van der Waals surface area (Å²) in [6.45, 7) is 7.10. The van der Waals surface area contributed by atoms with Crippen molar-refractivity contribution in [1.82, 2.24) is 9.21 Å². The summed E-state index contributed by atoms with van der Waals surface area (Å²) in [7, 11) is -2.24. The maximum Gasteiger partial charge on any atom is 0.244 e. The molecule has 0 unspecified atom stereocenters. The number of nitrogens with zero attached hydrogens (tertiary/aromatic N) is 2. The summed E-state index contributed by atoms with van der Waals surface area (Å²) in [6.07, 6.45) is 1.26. The molecule has 1 aromatic carbocycles. The van der Waals surface area contributed by atoms with Crippen LogP contribution in [-0.4, -0.2) is 56.3 Å². The smallest absolute Gasteiger partial charge is 0.244 e. The van der Waals surface area contributed by atoms with E-state index in [4.69, 9.17) is 4.74 Å². The first-order chi connectivity index (χ1) is 11.4. The van der Waals surface area contributed by atoms with E-state index in [0.29, 0.717) is 43.8 Å². The predicted molar refractivity (Wildman–Crippen MR) is 92.6 cm³/mol. The van der Waals surface area contributed by atoms with E-state index >= 15 is 0 Å². The molecule has 0 aromatic heterocycles. The van der Waals surface area contributed by atoms with E-state index in [9.17, 15) is 13.2 Å². The molecule has 1 aliphatic rings. The first-order valence-electron chi connectivity index (χ1n) is 8.32. The fourth-order valence-electron chi connectivity index (χ4n) is 3.13. The number of benzene rings is 1. The van der Waals surface area contributed by atoms with Crippen molar-refractivity contribution < 1.29 is 17.9 Å². The van der Waals surface area contributed by atoms with Crippen LogP contribution in [0.5, 0.6) is 5.75 Å². The second-order valence-corrected chi connectivity index (χ2v) is 7.77. The number of aryl methyl sites for hydroxylation is 1. The number of methoxy groups -OCH3 is 1. The summed E-state index contributed by atoms with van der Waals surface area (Å²) in [4.78, 5) is 14.6. The molecule has 0 bridgehead atoms. The number of amides is 1. The maximum atomic E-state index is 13.1. The Kier molecular flexibility index (Phi) is 5.87. The van der Waals surface area contributed by atoms with Crippen LogP contribution in [0.15, 0.2) is 23.1 Å². The molecule has 1 heterocycles. The zero-order valence-corrected chi connectivity index (χ0v) is 15.6. The van der Waals surface area contributed by atoms with Gasteiger partial charge in [-0.1, -0.05) is 6.07 Å². The standard InChI is InChI=1S/C17H26N2O4S/c1-5-18(6-2)17(20)15-8-7-11-19(15)24(21,22)16-12-14(23-4)10-9-13(16)3/h9-10,12,15H,5-8,11H2,1-4H3/t15-/m0/s1. The van der Waals surface area contributed by atoms with Crippen molar-refractivity contribution >= 4 is 15.9 Å². The van der Waals surface area contributed by atoms with Gasteiger partial charge in [0.05, 0.1) is 12.0 Å². The van der Waals surface area contributed by atoms with Crippen LogP contribution in [0.4, 0.5) is 0 Å². The van der Waals surface area contributed by atoms with Gasteiger partial charge in [0, 0.05) is 25.7 Å². The van der Waals surface area contributed by atoms with Crippen molar-refractivity contribution in [3.05, 3.63) is 23.8 Å². The minimum atomic E-state index is -3.74. The monoisotopic (exact) mass is 354 g/mol. The van der Waals surface area contributed by atoms with E-state index in [1.165, 1.54) is 17.5 Å². The molecule has 1 saturated heterocycles. The molecule has 1 aliphatic heterocycles. The fourth-order valence-corrected chi connectivity index (χ4v) is 5.03. The third-order valence-electron chi connectivity index (χ3n) is 4.55. The van der Waals surface area contributed by atoms with Crippen LogP contribution in [-0.2, 0) is 14.8 Å². The summed E-state index contributed by atoms with van der Waals surface area (Å²) in [5, 5.41) is 0. The second-order valence-electron chi connectivity index (χ2n) is 5.92. The molecule has 24 heavy (non-hydrogen) atoms. The quantitative estimate of drug-likeness (QED) is 0.784. The van der Waals surface area contributed by atoms with E-state index in [1.54, 1.807) is 24.0 Å². The van der Waals surface area contributed by atoms with Crippen LogP contribution in [0.25, 0.3) is 0 Å². The minimum absolute atomic E-state index is 0.110. The zero-order chi connectivity index (χ0) is 17.9. The molecule has 0 saturated carbocycles. The van der Waals surface area contributed by atoms with Crippen molar-refractivity contribution in [2.24, 2.45) is 0 Å². The Morgan fingerprint density at radius 3 is 2.58 bits per heavy atom. The van der Waals surface area contributed by atoms with Crippen molar-refractivity contribution in [3.8, 4) is 5.75 Å². The van der Waals surface area contributed by atoms with Crippen LogP contribution in [0.3, 0.4) is 0 Å². The van der Waals surface area contributed by atoms with E-state index < -0.39 is 16.1 Å². The average Bonchev–Trinajstić information content (AvgIpc) is 3.06. The van der Waals surface area contributed by atoms with Crippen molar-refractivity contribution in [2.45, 2.75) is 44.6 Å². The highest BCUT2D eigenvalue weighted by atomic mass is 32.2. The molecule has 2 rings (SSSR count). The van der Waals surface area contributed by atoms with Gasteiger partial charge in [-0.3, -0.25) is 4.79 Å². The van der Waals surface area contributed by atoms with E-state index in [1.807, 2.05) is 13.8 Å². The number of hydrogen-bond acceptors (Lipinski definition) is 4. The van der Waals surface area contributed by atoms with Crippen LogP contribution in [0.1, 0.15) is 32.3 Å². The van der Waals surface area contributed by atoms with Gasteiger partial charge in [0.25, 0.3) is 0 Å². The highest BCUT2D eigenvalue weighted by molar-refractivity contribution is 7.89. The number of carbonyl (C=O) groups excluding carboxylic acids is 1. The lowest BCUT2D eigenvalue weighted by Crippen LogP contribution is -2.47. The van der Waals surface area contributed by atoms with Crippen LogP contribution in [0.2, 0.25) is 0 Å². The van der Waals surface area contributed by atoms with Gasteiger partial charge in [-0.05, 0) is 45.2 Å². The number of ether oxygens (including phenoxy) is 1. The van der Waals surface area contributed by atoms with E-state index in [0.717, 1.165) is 0 Å². The average molecular weight is 354 g/mol. The number of likely N-dealkylation sites (N-methyl/N-ethyl adjacent to an activating group) is 1. The molecule has 1 aromatic rings. The summed E-state index contributed by atoms with van der Waals surface area (Å²) in [5.74, 6) is 0.381. The lowest BCUT2D eigenvalue weighted by atomic mass is 10.2. The second kappa shape index (κ2) is 7.53. The summed E-state index contributed by atoms with van der Waals surface area (Å²) in [5.41, 5.74) is 0.650. The molecule has 0 aliphatic carbocycles. The Labute approximate surface area is 144 Å². The van der Waals surface area contributed by atoms with Gasteiger partial charge in [0.2, 0.25) is 15.9 Å². The van der Waals surface area contributed by atoms with Crippen LogP contribution >= 0.6 is 0 Å². The van der Waals surface area contributed by atoms with Gasteiger partial charge in [-0.15, -0.1) is 0 Å². The molecule has 0 radical (unpaired) electrons. The van der Waals surface area contributed by atoms with Gasteiger partial charge in [0.15, 0.2) is 0 Å². The fraction of sp³-hybridized carbons (Fsp3) is 0.588. The molecule has 6 nitrogen and oxygen atoms in total. The molecular formula is C17H26N2O4S. The topological polar surface area (TPSA) is 66.9 Å². The van der Waals surface area contributed by atoms with Crippen molar-refractivity contribution in [1.29, 1.82) is 0 Å². The first kappa shape index (κ1) is 18.7. The number of hydrogen-bond donors (Lipinski definition) is 0. The van der Waals surface area contributed by atoms with Gasteiger partial charge >= 0.3 is 0 Å². The third-order valence-corrected chi connectivity index (χ3v) is 6.60. The molecule has 0 spiro atoms. The number of carbonyl (C=O) groups is 1. The Balaban J connectivity index is 2.39. The van der Waals surface area contributed by atoms with Crippen LogP contribution < -0.4 is 4.74 Å². The zero-order valence-electron chi connectivity index (χ0n) is 14.8. The number of rotatable bonds is 6. The minimum Gasteiger partial charge on any atom is -0.497 e. The van der Waals surface area contributed by atoms with Gasteiger partial charge < -0.3 is 9.64 Å². The Morgan fingerprint density at radius 2 is 2.00 bits per heavy atom. The van der Waals surface area contributed by atoms with Crippen molar-refractivity contribution in [2.75, 3.05) is 26.7 Å². The summed E-state index contributed by atoms with van der Waals surface area (Å²) < 4.78 is 32.8. The largest absolute Gasteiger partial charge is 0.497 e. The maximum absolute atomic E-state index is 13.1. The van der Waals surface area contributed by atoms with Gasteiger partial charge in [-0.2, -0.15) is 4.31 Å².